The molecule has 32 heavy (non-hydrogen) atoms. The number of nitrogens with zero attached hydrogens (tertiary/aromatic N) is 2. The number of aryl methyl sites for hydroxylation is 1. The molecule has 2 aromatic carbocycles. The second kappa shape index (κ2) is 10.5. The van der Waals surface area contributed by atoms with E-state index < -0.39 is 10.0 Å². The van der Waals surface area contributed by atoms with Crippen LogP contribution in [0, 0.1) is 6.92 Å². The Morgan fingerprint density at radius 2 is 1.56 bits per heavy atom. The Morgan fingerprint density at radius 1 is 0.969 bits per heavy atom. The molecule has 1 amide bonds. The van der Waals surface area contributed by atoms with Crippen LogP contribution in [0.1, 0.15) is 37.9 Å². The molecule has 1 fully saturated rings. The highest BCUT2D eigenvalue weighted by Crippen LogP contribution is 2.20. The Labute approximate surface area is 191 Å². The van der Waals surface area contributed by atoms with Crippen LogP contribution in [-0.2, 0) is 14.8 Å². The zero-order valence-corrected chi connectivity index (χ0v) is 20.1. The van der Waals surface area contributed by atoms with Gasteiger partial charge in [-0.25, -0.2) is 8.42 Å². The van der Waals surface area contributed by atoms with Gasteiger partial charge in [0.05, 0.1) is 23.6 Å². The van der Waals surface area contributed by atoms with Crippen molar-refractivity contribution in [1.82, 2.24) is 14.5 Å². The van der Waals surface area contributed by atoms with E-state index in [9.17, 15) is 13.2 Å². The Morgan fingerprint density at radius 3 is 2.12 bits per heavy atom. The van der Waals surface area contributed by atoms with Gasteiger partial charge in [-0.3, -0.25) is 9.69 Å². The van der Waals surface area contributed by atoms with Gasteiger partial charge in [-0.1, -0.05) is 29.8 Å². The van der Waals surface area contributed by atoms with Crippen molar-refractivity contribution in [3.8, 4) is 5.75 Å². The van der Waals surface area contributed by atoms with E-state index in [0.717, 1.165) is 16.9 Å². The highest BCUT2D eigenvalue weighted by Gasteiger charge is 2.29. The lowest BCUT2D eigenvalue weighted by Gasteiger charge is -2.33. The van der Waals surface area contributed by atoms with Crippen molar-refractivity contribution in [3.05, 3.63) is 59.7 Å². The van der Waals surface area contributed by atoms with Gasteiger partial charge in [0.2, 0.25) is 15.9 Å². The van der Waals surface area contributed by atoms with Crippen molar-refractivity contribution < 1.29 is 17.9 Å². The summed E-state index contributed by atoms with van der Waals surface area (Å²) in [6.45, 7) is 9.87. The number of nitrogens with one attached hydrogen (secondary N) is 1. The van der Waals surface area contributed by atoms with Gasteiger partial charge in [-0.2, -0.15) is 4.31 Å². The molecular weight excluding hydrogens is 426 g/mol. The molecule has 1 unspecified atom stereocenters. The summed E-state index contributed by atoms with van der Waals surface area (Å²) in [6, 6.07) is 14.5. The molecule has 1 heterocycles. The van der Waals surface area contributed by atoms with E-state index >= 15 is 0 Å². The molecule has 0 aromatic heterocycles. The summed E-state index contributed by atoms with van der Waals surface area (Å²) in [4.78, 5) is 14.8. The van der Waals surface area contributed by atoms with Gasteiger partial charge in [0, 0.05) is 26.2 Å². The fourth-order valence-electron chi connectivity index (χ4n) is 3.67. The number of ether oxygens (including phenoxy) is 1. The lowest BCUT2D eigenvalue weighted by molar-refractivity contribution is -0.123. The third-order valence-electron chi connectivity index (χ3n) is 5.49. The average molecular weight is 460 g/mol. The van der Waals surface area contributed by atoms with Crippen LogP contribution in [0.4, 0.5) is 0 Å². The van der Waals surface area contributed by atoms with Crippen molar-refractivity contribution in [3.63, 3.8) is 0 Å². The zero-order valence-electron chi connectivity index (χ0n) is 19.2. The first-order valence-corrected chi connectivity index (χ1v) is 12.4. The van der Waals surface area contributed by atoms with Gasteiger partial charge in [0.25, 0.3) is 0 Å². The maximum absolute atomic E-state index is 12.8. The number of hydrogen-bond donors (Lipinski definition) is 1. The minimum Gasteiger partial charge on any atom is -0.491 e. The van der Waals surface area contributed by atoms with E-state index in [0.29, 0.717) is 31.1 Å². The van der Waals surface area contributed by atoms with Gasteiger partial charge < -0.3 is 10.1 Å². The molecule has 174 valence electrons. The summed E-state index contributed by atoms with van der Waals surface area (Å²) in [5, 5.41) is 3.02. The van der Waals surface area contributed by atoms with Crippen LogP contribution in [0.5, 0.6) is 5.75 Å². The van der Waals surface area contributed by atoms with Crippen LogP contribution in [0.2, 0.25) is 0 Å². The van der Waals surface area contributed by atoms with Crippen molar-refractivity contribution in [2.24, 2.45) is 0 Å². The van der Waals surface area contributed by atoms with Crippen LogP contribution < -0.4 is 10.1 Å². The minimum absolute atomic E-state index is 0.0742. The average Bonchev–Trinajstić information content (AvgIpc) is 2.74. The van der Waals surface area contributed by atoms with E-state index in [2.05, 4.69) is 5.32 Å². The lowest BCUT2D eigenvalue weighted by Crippen LogP contribution is -2.51. The van der Waals surface area contributed by atoms with Crippen molar-refractivity contribution in [2.45, 2.75) is 44.7 Å². The smallest absolute Gasteiger partial charge is 0.243 e. The van der Waals surface area contributed by atoms with E-state index in [1.54, 1.807) is 24.3 Å². The van der Waals surface area contributed by atoms with Crippen molar-refractivity contribution in [2.75, 3.05) is 32.7 Å². The third-order valence-corrected chi connectivity index (χ3v) is 7.40. The Hall–Kier alpha value is -2.42. The predicted octanol–water partition coefficient (Wildman–Crippen LogP) is 2.97. The highest BCUT2D eigenvalue weighted by molar-refractivity contribution is 7.89. The predicted molar refractivity (Wildman–Crippen MR) is 125 cm³/mol. The standard InChI is InChI=1S/C24H33N3O4S/c1-18(2)31-22-9-7-21(8-10-22)20(4)25-24(28)17-26-13-15-27(16-14-26)32(29,30)23-11-5-19(3)6-12-23/h5-12,18,20H,13-17H2,1-4H3,(H,25,28). The van der Waals surface area contributed by atoms with E-state index in [1.807, 2.05) is 56.9 Å². The molecule has 0 saturated carbocycles. The van der Waals surface area contributed by atoms with Crippen LogP contribution in [0.15, 0.2) is 53.4 Å². The molecule has 1 atom stereocenters. The fourth-order valence-corrected chi connectivity index (χ4v) is 5.09. The second-order valence-electron chi connectivity index (χ2n) is 8.52. The van der Waals surface area contributed by atoms with Crippen molar-refractivity contribution in [1.29, 1.82) is 0 Å². The Bertz CT molecular complexity index is 997. The monoisotopic (exact) mass is 459 g/mol. The third kappa shape index (κ3) is 6.31. The molecule has 1 N–H and O–H groups in total. The van der Waals surface area contributed by atoms with E-state index in [1.165, 1.54) is 4.31 Å². The molecule has 1 saturated heterocycles. The normalized spacial score (nSPS) is 16.7. The second-order valence-corrected chi connectivity index (χ2v) is 10.5. The van der Waals surface area contributed by atoms with Crippen LogP contribution in [0.3, 0.4) is 0 Å². The molecule has 7 nitrogen and oxygen atoms in total. The Kier molecular flexibility index (Phi) is 7.92. The minimum atomic E-state index is -3.50. The number of piperazine rings is 1. The molecule has 2 aromatic rings. The summed E-state index contributed by atoms with van der Waals surface area (Å²) in [5.74, 6) is 0.732. The van der Waals surface area contributed by atoms with Gasteiger partial charge in [0.15, 0.2) is 0 Å². The maximum atomic E-state index is 12.8. The van der Waals surface area contributed by atoms with Gasteiger partial charge in [-0.15, -0.1) is 0 Å². The summed E-state index contributed by atoms with van der Waals surface area (Å²) < 4.78 is 32.8. The Balaban J connectivity index is 1.48. The number of carbonyl (C=O) groups is 1. The van der Waals surface area contributed by atoms with Crippen LogP contribution >= 0.6 is 0 Å². The van der Waals surface area contributed by atoms with E-state index in [4.69, 9.17) is 4.74 Å². The van der Waals surface area contributed by atoms with Crippen molar-refractivity contribution >= 4 is 15.9 Å². The molecule has 0 spiro atoms. The van der Waals surface area contributed by atoms with Gasteiger partial charge >= 0.3 is 0 Å². The number of benzene rings is 2. The lowest BCUT2D eigenvalue weighted by atomic mass is 10.1. The largest absolute Gasteiger partial charge is 0.491 e. The molecule has 1 aliphatic rings. The molecule has 0 bridgehead atoms. The molecule has 0 radical (unpaired) electrons. The number of hydrogen-bond acceptors (Lipinski definition) is 5. The zero-order chi connectivity index (χ0) is 23.3. The number of carbonyl (C=O) groups excluding carboxylic acids is 1. The summed E-state index contributed by atoms with van der Waals surface area (Å²) in [7, 11) is -3.50. The topological polar surface area (TPSA) is 79.0 Å². The quantitative estimate of drug-likeness (QED) is 0.657. The van der Waals surface area contributed by atoms with E-state index in [-0.39, 0.29) is 24.6 Å². The number of sulfonamides is 1. The highest BCUT2D eigenvalue weighted by atomic mass is 32.2. The summed E-state index contributed by atoms with van der Waals surface area (Å²) in [5.41, 5.74) is 2.03. The molecule has 1 aliphatic heterocycles. The van der Waals surface area contributed by atoms with Crippen LogP contribution in [0.25, 0.3) is 0 Å². The molecule has 8 heteroatoms. The first-order chi connectivity index (χ1) is 15.1. The molecular formula is C24H33N3O4S. The number of rotatable bonds is 8. The van der Waals surface area contributed by atoms with Gasteiger partial charge in [-0.05, 0) is 57.5 Å². The summed E-state index contributed by atoms with van der Waals surface area (Å²) >= 11 is 0. The molecule has 3 rings (SSSR count). The molecule has 0 aliphatic carbocycles. The first-order valence-electron chi connectivity index (χ1n) is 11.0. The summed E-state index contributed by atoms with van der Waals surface area (Å²) in [6.07, 6.45) is 0.116. The SMILES string of the molecule is Cc1ccc(S(=O)(=O)N2CCN(CC(=O)NC(C)c3ccc(OC(C)C)cc3)CC2)cc1. The van der Waals surface area contributed by atoms with Crippen LogP contribution in [-0.4, -0.2) is 62.4 Å². The number of amides is 1. The first kappa shape index (κ1) is 24.2. The fraction of sp³-hybridized carbons (Fsp3) is 0.458. The van der Waals surface area contributed by atoms with Gasteiger partial charge in [0.1, 0.15) is 5.75 Å². The maximum Gasteiger partial charge on any atom is 0.243 e.